The quantitative estimate of drug-likeness (QED) is 0.763. The van der Waals surface area contributed by atoms with E-state index in [1.165, 1.54) is 6.92 Å². The van der Waals surface area contributed by atoms with Gasteiger partial charge in [0, 0.05) is 41.5 Å². The molecule has 24 heavy (non-hydrogen) atoms. The number of sulfonamides is 1. The number of carbonyl (C=O) groups excluding carboxylic acids is 1. The van der Waals surface area contributed by atoms with Crippen LogP contribution in [0.25, 0.3) is 10.8 Å². The molecule has 1 aromatic heterocycles. The van der Waals surface area contributed by atoms with Gasteiger partial charge < -0.3 is 5.32 Å². The van der Waals surface area contributed by atoms with E-state index >= 15 is 0 Å². The van der Waals surface area contributed by atoms with Gasteiger partial charge in [0.15, 0.2) is 0 Å². The number of anilines is 2. The van der Waals surface area contributed by atoms with Crippen LogP contribution in [0.1, 0.15) is 6.92 Å². The van der Waals surface area contributed by atoms with E-state index in [1.54, 1.807) is 54.9 Å². The van der Waals surface area contributed by atoms with Gasteiger partial charge in [0.2, 0.25) is 5.91 Å². The highest BCUT2D eigenvalue weighted by Gasteiger charge is 2.17. The number of aromatic nitrogens is 1. The maximum atomic E-state index is 12.7. The number of nitrogens with zero attached hydrogens (tertiary/aromatic N) is 1. The van der Waals surface area contributed by atoms with E-state index in [1.807, 2.05) is 6.07 Å². The molecular formula is C17H15N3O3S. The summed E-state index contributed by atoms with van der Waals surface area (Å²) in [6, 6.07) is 13.2. The van der Waals surface area contributed by atoms with Crippen LogP contribution in [0, 0.1) is 0 Å². The van der Waals surface area contributed by atoms with Crippen molar-refractivity contribution < 1.29 is 13.2 Å². The molecule has 1 amide bonds. The third-order valence-corrected chi connectivity index (χ3v) is 4.83. The minimum Gasteiger partial charge on any atom is -0.326 e. The first kappa shape index (κ1) is 15.9. The summed E-state index contributed by atoms with van der Waals surface area (Å²) in [5.41, 5.74) is 1.01. The molecule has 1 heterocycles. The van der Waals surface area contributed by atoms with Crippen LogP contribution >= 0.6 is 0 Å². The Morgan fingerprint density at radius 3 is 2.42 bits per heavy atom. The van der Waals surface area contributed by atoms with Crippen molar-refractivity contribution in [1.29, 1.82) is 0 Å². The fraction of sp³-hybridized carbons (Fsp3) is 0.0588. The number of fused-ring (bicyclic) bond motifs is 1. The number of benzene rings is 2. The first-order valence-electron chi connectivity index (χ1n) is 7.19. The number of nitrogens with one attached hydrogen (secondary N) is 2. The number of hydrogen-bond donors (Lipinski definition) is 2. The third-order valence-electron chi connectivity index (χ3n) is 3.39. The molecule has 0 unspecified atom stereocenters. The van der Waals surface area contributed by atoms with Gasteiger partial charge in [0.25, 0.3) is 10.0 Å². The summed E-state index contributed by atoms with van der Waals surface area (Å²) in [4.78, 5) is 15.2. The van der Waals surface area contributed by atoms with Crippen LogP contribution in [0.2, 0.25) is 0 Å². The topological polar surface area (TPSA) is 88.2 Å². The van der Waals surface area contributed by atoms with Crippen LogP contribution in [0.3, 0.4) is 0 Å². The van der Waals surface area contributed by atoms with Crippen molar-refractivity contribution in [3.63, 3.8) is 0 Å². The SMILES string of the molecule is CC(=O)Nc1ccc(NS(=O)(=O)c2cccc3cnccc23)cc1. The van der Waals surface area contributed by atoms with Gasteiger partial charge >= 0.3 is 0 Å². The second-order valence-corrected chi connectivity index (χ2v) is 6.87. The van der Waals surface area contributed by atoms with Crippen molar-refractivity contribution in [2.75, 3.05) is 10.0 Å². The Bertz CT molecular complexity index is 994. The average molecular weight is 341 g/mol. The van der Waals surface area contributed by atoms with Gasteiger partial charge in [-0.2, -0.15) is 0 Å². The molecule has 0 aliphatic rings. The monoisotopic (exact) mass is 341 g/mol. The van der Waals surface area contributed by atoms with Gasteiger partial charge in [-0.05, 0) is 36.4 Å². The van der Waals surface area contributed by atoms with Crippen LogP contribution < -0.4 is 10.0 Å². The van der Waals surface area contributed by atoms with Crippen molar-refractivity contribution in [2.24, 2.45) is 0 Å². The van der Waals surface area contributed by atoms with Gasteiger partial charge in [-0.15, -0.1) is 0 Å². The zero-order chi connectivity index (χ0) is 17.2. The zero-order valence-electron chi connectivity index (χ0n) is 12.9. The van der Waals surface area contributed by atoms with E-state index in [-0.39, 0.29) is 10.8 Å². The Balaban J connectivity index is 1.92. The number of rotatable bonds is 4. The lowest BCUT2D eigenvalue weighted by atomic mass is 10.2. The minimum atomic E-state index is -3.74. The molecule has 0 aliphatic heterocycles. The maximum absolute atomic E-state index is 12.7. The summed E-state index contributed by atoms with van der Waals surface area (Å²) in [5, 5.41) is 3.99. The lowest BCUT2D eigenvalue weighted by Gasteiger charge is -2.11. The molecule has 2 N–H and O–H groups in total. The fourth-order valence-electron chi connectivity index (χ4n) is 2.36. The fourth-order valence-corrected chi connectivity index (χ4v) is 3.65. The Labute approximate surface area is 139 Å². The number of hydrogen-bond acceptors (Lipinski definition) is 4. The Kier molecular flexibility index (Phi) is 4.18. The normalized spacial score (nSPS) is 11.2. The molecule has 7 heteroatoms. The highest BCUT2D eigenvalue weighted by molar-refractivity contribution is 7.93. The minimum absolute atomic E-state index is 0.187. The molecule has 0 fully saturated rings. The second-order valence-electron chi connectivity index (χ2n) is 5.22. The largest absolute Gasteiger partial charge is 0.326 e. The van der Waals surface area contributed by atoms with E-state index in [9.17, 15) is 13.2 Å². The van der Waals surface area contributed by atoms with Gasteiger partial charge in [0.1, 0.15) is 0 Å². The maximum Gasteiger partial charge on any atom is 0.262 e. The van der Waals surface area contributed by atoms with Gasteiger partial charge in [-0.3, -0.25) is 14.5 Å². The summed E-state index contributed by atoms with van der Waals surface area (Å²) < 4.78 is 27.9. The Hall–Kier alpha value is -2.93. The molecule has 0 saturated carbocycles. The Morgan fingerprint density at radius 2 is 1.71 bits per heavy atom. The van der Waals surface area contributed by atoms with E-state index in [2.05, 4.69) is 15.0 Å². The number of carbonyl (C=O) groups is 1. The second kappa shape index (κ2) is 6.29. The molecular weight excluding hydrogens is 326 g/mol. The Morgan fingerprint density at radius 1 is 1.00 bits per heavy atom. The summed E-state index contributed by atoms with van der Waals surface area (Å²) in [6.07, 6.45) is 3.18. The van der Waals surface area contributed by atoms with Crippen molar-refractivity contribution in [3.8, 4) is 0 Å². The molecule has 0 radical (unpaired) electrons. The van der Waals surface area contributed by atoms with Gasteiger partial charge in [-0.1, -0.05) is 12.1 Å². The third kappa shape index (κ3) is 3.36. The highest BCUT2D eigenvalue weighted by atomic mass is 32.2. The van der Waals surface area contributed by atoms with Crippen molar-refractivity contribution >= 4 is 38.1 Å². The molecule has 6 nitrogen and oxygen atoms in total. The first-order chi connectivity index (χ1) is 11.5. The molecule has 3 rings (SSSR count). The summed E-state index contributed by atoms with van der Waals surface area (Å²) in [6.45, 7) is 1.41. The zero-order valence-corrected chi connectivity index (χ0v) is 13.7. The average Bonchev–Trinajstić information content (AvgIpc) is 2.55. The first-order valence-corrected chi connectivity index (χ1v) is 8.67. The lowest BCUT2D eigenvalue weighted by molar-refractivity contribution is -0.114. The van der Waals surface area contributed by atoms with Crippen molar-refractivity contribution in [3.05, 3.63) is 60.9 Å². The summed E-state index contributed by atoms with van der Waals surface area (Å²) >= 11 is 0. The predicted molar refractivity (Wildman–Crippen MR) is 93.3 cm³/mol. The number of pyridine rings is 1. The molecule has 0 spiro atoms. The highest BCUT2D eigenvalue weighted by Crippen LogP contribution is 2.24. The van der Waals surface area contributed by atoms with E-state index < -0.39 is 10.0 Å². The summed E-state index contributed by atoms with van der Waals surface area (Å²) in [7, 11) is -3.74. The molecule has 122 valence electrons. The predicted octanol–water partition coefficient (Wildman–Crippen LogP) is 2.99. The van der Waals surface area contributed by atoms with E-state index in [0.29, 0.717) is 16.8 Å². The van der Waals surface area contributed by atoms with Gasteiger partial charge in [0.05, 0.1) is 4.90 Å². The van der Waals surface area contributed by atoms with Crippen LogP contribution in [0.15, 0.2) is 65.8 Å². The van der Waals surface area contributed by atoms with Gasteiger partial charge in [-0.25, -0.2) is 8.42 Å². The molecule has 2 aromatic carbocycles. The van der Waals surface area contributed by atoms with Crippen LogP contribution in [0.5, 0.6) is 0 Å². The van der Waals surface area contributed by atoms with Crippen LogP contribution in [-0.2, 0) is 14.8 Å². The summed E-state index contributed by atoms with van der Waals surface area (Å²) in [5.74, 6) is -0.187. The molecule has 0 saturated heterocycles. The standard InChI is InChI=1S/C17H15N3O3S/c1-12(21)19-14-5-7-15(8-6-14)20-24(22,23)17-4-2-3-13-11-18-10-9-16(13)17/h2-11,20H,1H3,(H,19,21). The molecule has 3 aromatic rings. The number of amides is 1. The van der Waals surface area contributed by atoms with Crippen LogP contribution in [-0.4, -0.2) is 19.3 Å². The molecule has 0 aliphatic carbocycles. The van der Waals surface area contributed by atoms with E-state index in [0.717, 1.165) is 5.39 Å². The van der Waals surface area contributed by atoms with Crippen molar-refractivity contribution in [1.82, 2.24) is 4.98 Å². The van der Waals surface area contributed by atoms with E-state index in [4.69, 9.17) is 0 Å². The smallest absolute Gasteiger partial charge is 0.262 e. The molecule has 0 atom stereocenters. The molecule has 0 bridgehead atoms. The van der Waals surface area contributed by atoms with Crippen molar-refractivity contribution in [2.45, 2.75) is 11.8 Å². The van der Waals surface area contributed by atoms with Crippen LogP contribution in [0.4, 0.5) is 11.4 Å². The lowest BCUT2D eigenvalue weighted by Crippen LogP contribution is -2.13.